The number of halogens is 1. The lowest BCUT2D eigenvalue weighted by Gasteiger charge is -2.27. The molecule has 0 fully saturated rings. The third kappa shape index (κ3) is 3.50. The van der Waals surface area contributed by atoms with Gasteiger partial charge in [0.2, 0.25) is 10.0 Å². The largest absolute Gasteiger partial charge is 0.308 e. The second kappa shape index (κ2) is 6.73. The topological polar surface area (TPSA) is 58.2 Å². The molecule has 0 aliphatic carbocycles. The molecular weight excluding hydrogens is 376 g/mol. The molecule has 0 saturated heterocycles. The Bertz CT molecular complexity index is 821. The van der Waals surface area contributed by atoms with Gasteiger partial charge in [-0.05, 0) is 58.6 Å². The van der Waals surface area contributed by atoms with Gasteiger partial charge in [-0.15, -0.1) is 0 Å². The lowest BCUT2D eigenvalue weighted by Crippen LogP contribution is -2.38. The standard InChI is InChI=1S/C17H19BrN2O2S/c1-12-5-4-8-16(17(12)18)23(21,22)20-11-15-14-7-3-2-6-13(14)9-10-19-15/h2-8,15,19-20H,9-11H2,1H3. The number of rotatable bonds is 4. The van der Waals surface area contributed by atoms with Crippen LogP contribution in [0, 0.1) is 6.92 Å². The van der Waals surface area contributed by atoms with E-state index in [9.17, 15) is 8.42 Å². The molecule has 23 heavy (non-hydrogen) atoms. The molecule has 0 saturated carbocycles. The number of aryl methyl sites for hydroxylation is 1. The Balaban J connectivity index is 1.80. The average molecular weight is 395 g/mol. The molecule has 0 bridgehead atoms. The van der Waals surface area contributed by atoms with Crippen molar-refractivity contribution in [1.82, 2.24) is 10.0 Å². The summed E-state index contributed by atoms with van der Waals surface area (Å²) in [5.74, 6) is 0. The van der Waals surface area contributed by atoms with Gasteiger partial charge in [-0.3, -0.25) is 0 Å². The van der Waals surface area contributed by atoms with Crippen LogP contribution in [-0.2, 0) is 16.4 Å². The number of hydrogen-bond donors (Lipinski definition) is 2. The lowest BCUT2D eigenvalue weighted by atomic mass is 9.95. The number of benzene rings is 2. The first-order valence-electron chi connectivity index (χ1n) is 7.55. The minimum absolute atomic E-state index is 0.00157. The van der Waals surface area contributed by atoms with Crippen LogP contribution in [0.1, 0.15) is 22.7 Å². The molecule has 0 radical (unpaired) electrons. The first kappa shape index (κ1) is 16.6. The van der Waals surface area contributed by atoms with Crippen molar-refractivity contribution in [2.24, 2.45) is 0 Å². The van der Waals surface area contributed by atoms with E-state index < -0.39 is 10.0 Å². The number of sulfonamides is 1. The fourth-order valence-corrected chi connectivity index (χ4v) is 4.97. The first-order chi connectivity index (χ1) is 11.0. The van der Waals surface area contributed by atoms with E-state index in [1.165, 1.54) is 11.1 Å². The maximum absolute atomic E-state index is 12.6. The van der Waals surface area contributed by atoms with Crippen LogP contribution in [0.4, 0.5) is 0 Å². The molecule has 1 aliphatic rings. The summed E-state index contributed by atoms with van der Waals surface area (Å²) in [5.41, 5.74) is 3.35. The summed E-state index contributed by atoms with van der Waals surface area (Å²) in [5, 5.41) is 3.39. The van der Waals surface area contributed by atoms with Crippen LogP contribution in [0.5, 0.6) is 0 Å². The predicted octanol–water partition coefficient (Wildman–Crippen LogP) is 2.92. The molecule has 1 unspecified atom stereocenters. The molecule has 1 aliphatic heterocycles. The third-order valence-electron chi connectivity index (χ3n) is 4.14. The molecule has 2 aromatic carbocycles. The first-order valence-corrected chi connectivity index (χ1v) is 9.82. The quantitative estimate of drug-likeness (QED) is 0.837. The normalized spacial score (nSPS) is 17.7. The molecule has 1 heterocycles. The van der Waals surface area contributed by atoms with Gasteiger partial charge in [0.1, 0.15) is 0 Å². The molecule has 1 atom stereocenters. The maximum Gasteiger partial charge on any atom is 0.241 e. The number of fused-ring (bicyclic) bond motifs is 1. The van der Waals surface area contributed by atoms with Crippen LogP contribution in [0.25, 0.3) is 0 Å². The van der Waals surface area contributed by atoms with E-state index >= 15 is 0 Å². The van der Waals surface area contributed by atoms with Gasteiger partial charge >= 0.3 is 0 Å². The summed E-state index contributed by atoms with van der Waals surface area (Å²) in [7, 11) is -3.55. The van der Waals surface area contributed by atoms with Gasteiger partial charge in [0.25, 0.3) is 0 Å². The Morgan fingerprint density at radius 1 is 1.22 bits per heavy atom. The predicted molar refractivity (Wildman–Crippen MR) is 95.0 cm³/mol. The van der Waals surface area contributed by atoms with Crippen molar-refractivity contribution in [3.8, 4) is 0 Å². The second-order valence-electron chi connectivity index (χ2n) is 5.69. The van der Waals surface area contributed by atoms with E-state index in [4.69, 9.17) is 0 Å². The summed E-state index contributed by atoms with van der Waals surface area (Å²) in [4.78, 5) is 0.279. The van der Waals surface area contributed by atoms with E-state index in [1.807, 2.05) is 25.1 Å². The molecule has 6 heteroatoms. The minimum atomic E-state index is -3.55. The molecule has 122 valence electrons. The summed E-state index contributed by atoms with van der Waals surface area (Å²) < 4.78 is 28.5. The van der Waals surface area contributed by atoms with Gasteiger partial charge in [-0.2, -0.15) is 0 Å². The smallest absolute Gasteiger partial charge is 0.241 e. The van der Waals surface area contributed by atoms with Gasteiger partial charge < -0.3 is 5.32 Å². The van der Waals surface area contributed by atoms with E-state index in [-0.39, 0.29) is 10.9 Å². The van der Waals surface area contributed by atoms with Crippen molar-refractivity contribution >= 4 is 26.0 Å². The summed E-state index contributed by atoms with van der Waals surface area (Å²) in [6.07, 6.45) is 0.975. The van der Waals surface area contributed by atoms with Crippen molar-refractivity contribution in [3.05, 3.63) is 63.6 Å². The van der Waals surface area contributed by atoms with Gasteiger partial charge in [0.05, 0.1) is 4.90 Å². The Kier molecular flexibility index (Phi) is 4.87. The highest BCUT2D eigenvalue weighted by atomic mass is 79.9. The Labute approximate surface area is 145 Å². The van der Waals surface area contributed by atoms with Crippen LogP contribution in [0.2, 0.25) is 0 Å². The van der Waals surface area contributed by atoms with Gasteiger partial charge in [-0.1, -0.05) is 36.4 Å². The fraction of sp³-hybridized carbons (Fsp3) is 0.294. The molecule has 0 amide bonds. The van der Waals surface area contributed by atoms with Gasteiger partial charge in [0, 0.05) is 17.1 Å². The summed E-state index contributed by atoms with van der Waals surface area (Å²) >= 11 is 3.37. The highest BCUT2D eigenvalue weighted by Crippen LogP contribution is 2.26. The fourth-order valence-electron chi connectivity index (χ4n) is 2.87. The highest BCUT2D eigenvalue weighted by molar-refractivity contribution is 9.10. The summed E-state index contributed by atoms with van der Waals surface area (Å²) in [6, 6.07) is 13.4. The van der Waals surface area contributed by atoms with Crippen LogP contribution in [-0.4, -0.2) is 21.5 Å². The molecule has 0 spiro atoms. The van der Waals surface area contributed by atoms with Crippen LogP contribution in [0.15, 0.2) is 51.8 Å². The van der Waals surface area contributed by atoms with Crippen LogP contribution >= 0.6 is 15.9 Å². The van der Waals surface area contributed by atoms with Gasteiger partial charge in [0.15, 0.2) is 0 Å². The Morgan fingerprint density at radius 2 is 2.00 bits per heavy atom. The van der Waals surface area contributed by atoms with E-state index in [2.05, 4.69) is 38.1 Å². The Hall–Kier alpha value is -1.21. The zero-order chi connectivity index (χ0) is 16.4. The number of hydrogen-bond acceptors (Lipinski definition) is 3. The van der Waals surface area contributed by atoms with Crippen molar-refractivity contribution in [2.45, 2.75) is 24.3 Å². The SMILES string of the molecule is Cc1cccc(S(=O)(=O)NCC2NCCc3ccccc32)c1Br. The molecule has 2 aromatic rings. The van der Waals surface area contributed by atoms with Gasteiger partial charge in [-0.25, -0.2) is 13.1 Å². The second-order valence-corrected chi connectivity index (χ2v) is 8.22. The lowest BCUT2D eigenvalue weighted by molar-refractivity contribution is 0.491. The molecule has 3 rings (SSSR count). The zero-order valence-corrected chi connectivity index (χ0v) is 15.2. The molecule has 0 aromatic heterocycles. The minimum Gasteiger partial charge on any atom is -0.308 e. The number of nitrogens with one attached hydrogen (secondary N) is 2. The average Bonchev–Trinajstić information content (AvgIpc) is 2.55. The monoisotopic (exact) mass is 394 g/mol. The van der Waals surface area contributed by atoms with Crippen molar-refractivity contribution in [2.75, 3.05) is 13.1 Å². The molecular formula is C17H19BrN2O2S. The maximum atomic E-state index is 12.6. The van der Waals surface area contributed by atoms with E-state index in [1.54, 1.807) is 12.1 Å². The third-order valence-corrected chi connectivity index (χ3v) is 6.92. The van der Waals surface area contributed by atoms with E-state index in [0.29, 0.717) is 11.0 Å². The van der Waals surface area contributed by atoms with Crippen LogP contribution < -0.4 is 10.0 Å². The molecule has 4 nitrogen and oxygen atoms in total. The van der Waals surface area contributed by atoms with Crippen LogP contribution in [0.3, 0.4) is 0 Å². The zero-order valence-electron chi connectivity index (χ0n) is 12.8. The highest BCUT2D eigenvalue weighted by Gasteiger charge is 2.23. The van der Waals surface area contributed by atoms with Crippen molar-refractivity contribution in [1.29, 1.82) is 0 Å². The Morgan fingerprint density at radius 3 is 2.83 bits per heavy atom. The van der Waals surface area contributed by atoms with Crippen molar-refractivity contribution in [3.63, 3.8) is 0 Å². The van der Waals surface area contributed by atoms with Crippen molar-refractivity contribution < 1.29 is 8.42 Å². The molecule has 2 N–H and O–H groups in total. The summed E-state index contributed by atoms with van der Waals surface area (Å²) in [6.45, 7) is 3.07. The van der Waals surface area contributed by atoms with E-state index in [0.717, 1.165) is 18.5 Å².